The third kappa shape index (κ3) is 8.07. The summed E-state index contributed by atoms with van der Waals surface area (Å²) in [5.41, 5.74) is 2.50. The van der Waals surface area contributed by atoms with E-state index >= 15 is 0 Å². The number of sulfone groups is 1. The molecule has 0 heterocycles. The van der Waals surface area contributed by atoms with Crippen LogP contribution in [-0.4, -0.2) is 46.8 Å². The number of hydrogen-bond acceptors (Lipinski definition) is 8. The molecule has 0 radical (unpaired) electrons. The van der Waals surface area contributed by atoms with Crippen molar-refractivity contribution in [2.24, 2.45) is 0 Å². The van der Waals surface area contributed by atoms with Gasteiger partial charge in [-0.2, -0.15) is 0 Å². The molecule has 0 spiro atoms. The van der Waals surface area contributed by atoms with Crippen molar-refractivity contribution in [1.29, 1.82) is 0 Å². The van der Waals surface area contributed by atoms with Gasteiger partial charge in [-0.1, -0.05) is 86.0 Å². The second kappa shape index (κ2) is 15.0. The molecule has 0 amide bonds. The number of carbonyl (C=O) groups is 2. The average Bonchev–Trinajstić information content (AvgIpc) is 3.05. The summed E-state index contributed by atoms with van der Waals surface area (Å²) in [5, 5.41) is 0. The van der Waals surface area contributed by atoms with Crippen LogP contribution in [0.4, 0.5) is 0 Å². The smallest absolute Gasteiger partial charge is 0.333 e. The number of benzene rings is 4. The van der Waals surface area contributed by atoms with Crippen LogP contribution in [0.15, 0.2) is 131 Å². The van der Waals surface area contributed by atoms with Gasteiger partial charge in [0.2, 0.25) is 9.84 Å². The summed E-state index contributed by atoms with van der Waals surface area (Å²) >= 11 is 0. The molecule has 0 aliphatic rings. The molecule has 45 heavy (non-hydrogen) atoms. The molecule has 0 saturated heterocycles. The summed E-state index contributed by atoms with van der Waals surface area (Å²) in [4.78, 5) is 23.7. The molecule has 4 rings (SSSR count). The molecule has 4 aromatic rings. The van der Waals surface area contributed by atoms with Gasteiger partial charge in [0.15, 0.2) is 0 Å². The summed E-state index contributed by atoms with van der Waals surface area (Å²) in [7, 11) is -4.21. The standard InChI is InChI=1S/C36H34O8S/c1-25(2)35(37)43-23-21-41-29-17-11-19-31(33(29)27-13-7-5-8-14-27)45(39,40)32-20-12-18-30(34(32)28-15-9-6-10-16-28)42-22-24-44-36(38)26(3)4/h5-20H,1,3,21-24H2,2,4H3. The van der Waals surface area contributed by atoms with E-state index in [9.17, 15) is 18.0 Å². The third-order valence-electron chi connectivity index (χ3n) is 6.52. The second-order valence-electron chi connectivity index (χ2n) is 10.0. The van der Waals surface area contributed by atoms with Gasteiger partial charge in [-0.25, -0.2) is 18.0 Å². The highest BCUT2D eigenvalue weighted by Crippen LogP contribution is 2.43. The van der Waals surface area contributed by atoms with Gasteiger partial charge in [-0.3, -0.25) is 0 Å². The quantitative estimate of drug-likeness (QED) is 0.0850. The SMILES string of the molecule is C=C(C)C(=O)OCCOc1cccc(S(=O)(=O)c2cccc(OCCOC(=O)C(=C)C)c2-c2ccccc2)c1-c1ccccc1. The van der Waals surface area contributed by atoms with Crippen LogP contribution in [0.5, 0.6) is 11.5 Å². The van der Waals surface area contributed by atoms with E-state index in [1.165, 1.54) is 12.1 Å². The highest BCUT2D eigenvalue weighted by Gasteiger charge is 2.29. The molecule has 8 nitrogen and oxygen atoms in total. The lowest BCUT2D eigenvalue weighted by molar-refractivity contribution is -0.140. The van der Waals surface area contributed by atoms with Gasteiger partial charge in [0.1, 0.15) is 37.9 Å². The van der Waals surface area contributed by atoms with Crippen molar-refractivity contribution < 1.29 is 37.0 Å². The molecule has 232 valence electrons. The first-order valence-electron chi connectivity index (χ1n) is 14.1. The summed E-state index contributed by atoms with van der Waals surface area (Å²) in [6.45, 7) is 10.1. The lowest BCUT2D eigenvalue weighted by Gasteiger charge is -2.19. The maximum atomic E-state index is 14.6. The fourth-order valence-corrected chi connectivity index (χ4v) is 6.15. The van der Waals surface area contributed by atoms with E-state index in [2.05, 4.69) is 13.2 Å². The molecule has 0 atom stereocenters. The van der Waals surface area contributed by atoms with Gasteiger partial charge in [0.25, 0.3) is 0 Å². The van der Waals surface area contributed by atoms with Gasteiger partial charge >= 0.3 is 11.9 Å². The number of hydrogen-bond donors (Lipinski definition) is 0. The van der Waals surface area contributed by atoms with Crippen molar-refractivity contribution in [3.63, 3.8) is 0 Å². The van der Waals surface area contributed by atoms with Crippen LogP contribution >= 0.6 is 0 Å². The molecule has 4 aromatic carbocycles. The molecule has 0 aliphatic carbocycles. The van der Waals surface area contributed by atoms with Gasteiger partial charge in [-0.15, -0.1) is 0 Å². The predicted octanol–water partition coefficient (Wildman–Crippen LogP) is 6.85. The van der Waals surface area contributed by atoms with Crippen molar-refractivity contribution >= 4 is 21.8 Å². The zero-order valence-corrected chi connectivity index (χ0v) is 26.0. The molecule has 0 fully saturated rings. The molecule has 0 aromatic heterocycles. The van der Waals surface area contributed by atoms with E-state index in [1.54, 1.807) is 62.4 Å². The van der Waals surface area contributed by atoms with Crippen molar-refractivity contribution in [2.45, 2.75) is 23.6 Å². The number of rotatable bonds is 14. The van der Waals surface area contributed by atoms with Gasteiger partial charge in [-0.05, 0) is 49.2 Å². The maximum absolute atomic E-state index is 14.6. The van der Waals surface area contributed by atoms with E-state index in [-0.39, 0.29) is 47.4 Å². The van der Waals surface area contributed by atoms with E-state index in [1.807, 2.05) is 36.4 Å². The Balaban J connectivity index is 1.78. The fourth-order valence-electron chi connectivity index (χ4n) is 4.43. The maximum Gasteiger partial charge on any atom is 0.333 e. The lowest BCUT2D eigenvalue weighted by Crippen LogP contribution is -2.14. The van der Waals surface area contributed by atoms with Gasteiger partial charge in [0.05, 0.1) is 9.79 Å². The van der Waals surface area contributed by atoms with Crippen LogP contribution in [0.1, 0.15) is 13.8 Å². The minimum absolute atomic E-state index is 0.00308. The first-order valence-corrected chi connectivity index (χ1v) is 15.6. The zero-order chi connectivity index (χ0) is 32.4. The fraction of sp³-hybridized carbons (Fsp3) is 0.167. The highest BCUT2D eigenvalue weighted by molar-refractivity contribution is 7.91. The van der Waals surface area contributed by atoms with Crippen LogP contribution < -0.4 is 9.47 Å². The van der Waals surface area contributed by atoms with Crippen molar-refractivity contribution in [2.75, 3.05) is 26.4 Å². The topological polar surface area (TPSA) is 105 Å². The minimum Gasteiger partial charge on any atom is -0.489 e. The summed E-state index contributed by atoms with van der Waals surface area (Å²) < 4.78 is 51.6. The first-order chi connectivity index (χ1) is 21.6. The first kappa shape index (κ1) is 32.8. The van der Waals surface area contributed by atoms with Crippen LogP contribution in [0, 0.1) is 0 Å². The summed E-state index contributed by atoms with van der Waals surface area (Å²) in [6, 6.07) is 27.7. The van der Waals surface area contributed by atoms with Crippen LogP contribution in [0.2, 0.25) is 0 Å². The van der Waals surface area contributed by atoms with E-state index in [4.69, 9.17) is 18.9 Å². The largest absolute Gasteiger partial charge is 0.489 e. The monoisotopic (exact) mass is 626 g/mol. The molecule has 0 aliphatic heterocycles. The Kier molecular flexibility index (Phi) is 10.9. The van der Waals surface area contributed by atoms with E-state index in [0.717, 1.165) is 0 Å². The second-order valence-corrected chi connectivity index (χ2v) is 11.9. The molecule has 0 saturated carbocycles. The van der Waals surface area contributed by atoms with Crippen LogP contribution in [0.25, 0.3) is 22.3 Å². The lowest BCUT2D eigenvalue weighted by atomic mass is 10.0. The van der Waals surface area contributed by atoms with E-state index in [0.29, 0.717) is 33.8 Å². The van der Waals surface area contributed by atoms with E-state index < -0.39 is 21.8 Å². The number of esters is 2. The molecular weight excluding hydrogens is 592 g/mol. The van der Waals surface area contributed by atoms with Crippen molar-refractivity contribution in [3.05, 3.63) is 121 Å². The average molecular weight is 627 g/mol. The number of ether oxygens (including phenoxy) is 4. The minimum atomic E-state index is -4.21. The summed E-state index contributed by atoms with van der Waals surface area (Å²) in [5.74, 6) is -0.464. The Morgan fingerprint density at radius 3 is 1.29 bits per heavy atom. The molecule has 0 bridgehead atoms. The third-order valence-corrected chi connectivity index (χ3v) is 8.36. The van der Waals surface area contributed by atoms with Gasteiger partial charge < -0.3 is 18.9 Å². The van der Waals surface area contributed by atoms with Crippen LogP contribution in [0.3, 0.4) is 0 Å². The number of carbonyl (C=O) groups excluding carboxylic acids is 2. The Morgan fingerprint density at radius 1 is 0.556 bits per heavy atom. The molecule has 0 unspecified atom stereocenters. The van der Waals surface area contributed by atoms with Crippen molar-refractivity contribution in [1.82, 2.24) is 0 Å². The van der Waals surface area contributed by atoms with Crippen LogP contribution in [-0.2, 0) is 28.9 Å². The normalized spacial score (nSPS) is 10.9. The van der Waals surface area contributed by atoms with Crippen molar-refractivity contribution in [3.8, 4) is 33.8 Å². The van der Waals surface area contributed by atoms with Gasteiger partial charge in [0, 0.05) is 22.3 Å². The Hall–Kier alpha value is -5.15. The predicted molar refractivity (Wildman–Crippen MR) is 172 cm³/mol. The molecule has 0 N–H and O–H groups in total. The Morgan fingerprint density at radius 2 is 0.933 bits per heavy atom. The highest BCUT2D eigenvalue weighted by atomic mass is 32.2. The molecule has 9 heteroatoms. The molecular formula is C36H34O8S. The Bertz CT molecular complexity index is 1670. The Labute approximate surface area is 263 Å². The summed E-state index contributed by atoms with van der Waals surface area (Å²) in [6.07, 6.45) is 0. The zero-order valence-electron chi connectivity index (χ0n) is 25.2.